The van der Waals surface area contributed by atoms with E-state index >= 15 is 0 Å². The summed E-state index contributed by atoms with van der Waals surface area (Å²) >= 11 is 0. The molecule has 0 aliphatic heterocycles. The van der Waals surface area contributed by atoms with Crippen molar-refractivity contribution < 1.29 is 9.18 Å². The number of nitrogens with one attached hydrogen (secondary N) is 1. The van der Waals surface area contributed by atoms with Gasteiger partial charge in [0.25, 0.3) is 0 Å². The number of carbonyl (C=O) groups is 1. The minimum atomic E-state index is -0.298. The fraction of sp³-hybridized carbons (Fsp3) is 0.167. The number of hydrogen-bond acceptors (Lipinski definition) is 3. The minimum Gasteiger partial charge on any atom is -0.396 e. The number of amides is 1. The zero-order valence-corrected chi connectivity index (χ0v) is 9.85. The SMILES string of the molecule is Cc1cc(NC(=O)Cn2cc(N)cn2)ccc1F. The standard InChI is InChI=1S/C12H13FN4O/c1-8-4-10(2-3-11(8)13)16-12(18)7-17-6-9(14)5-15-17/h2-6H,7,14H2,1H3,(H,16,18). The van der Waals surface area contributed by atoms with Gasteiger partial charge in [0.05, 0.1) is 11.9 Å². The zero-order chi connectivity index (χ0) is 13.1. The highest BCUT2D eigenvalue weighted by Gasteiger charge is 2.06. The summed E-state index contributed by atoms with van der Waals surface area (Å²) in [5, 5.41) is 6.56. The maximum absolute atomic E-state index is 13.0. The van der Waals surface area contributed by atoms with E-state index in [1.165, 1.54) is 23.0 Å². The van der Waals surface area contributed by atoms with Crippen molar-refractivity contribution in [1.82, 2.24) is 9.78 Å². The number of rotatable bonds is 3. The number of aromatic nitrogens is 2. The van der Waals surface area contributed by atoms with Crippen LogP contribution in [0.15, 0.2) is 30.6 Å². The van der Waals surface area contributed by atoms with E-state index in [9.17, 15) is 9.18 Å². The summed E-state index contributed by atoms with van der Waals surface area (Å²) in [7, 11) is 0. The summed E-state index contributed by atoms with van der Waals surface area (Å²) in [5.74, 6) is -0.544. The topological polar surface area (TPSA) is 72.9 Å². The maximum Gasteiger partial charge on any atom is 0.246 e. The molecule has 3 N–H and O–H groups in total. The Hall–Kier alpha value is -2.37. The van der Waals surface area contributed by atoms with Gasteiger partial charge in [0.15, 0.2) is 0 Å². The first kappa shape index (κ1) is 12.1. The Labute approximate surface area is 103 Å². The Bertz CT molecular complexity index is 579. The van der Waals surface area contributed by atoms with E-state index in [4.69, 9.17) is 5.73 Å². The molecule has 2 rings (SSSR count). The lowest BCUT2D eigenvalue weighted by Gasteiger charge is -2.06. The Morgan fingerprint density at radius 3 is 2.94 bits per heavy atom. The third kappa shape index (κ3) is 2.85. The van der Waals surface area contributed by atoms with Gasteiger partial charge in [0.2, 0.25) is 5.91 Å². The second-order valence-electron chi connectivity index (χ2n) is 3.98. The quantitative estimate of drug-likeness (QED) is 0.865. The van der Waals surface area contributed by atoms with Gasteiger partial charge in [-0.1, -0.05) is 0 Å². The third-order valence-electron chi connectivity index (χ3n) is 2.40. The first-order chi connectivity index (χ1) is 8.54. The molecule has 6 heteroatoms. The van der Waals surface area contributed by atoms with E-state index in [-0.39, 0.29) is 18.3 Å². The molecular formula is C12H13FN4O. The van der Waals surface area contributed by atoms with Gasteiger partial charge >= 0.3 is 0 Å². The molecule has 2 aromatic rings. The van der Waals surface area contributed by atoms with Crippen LogP contribution in [-0.4, -0.2) is 15.7 Å². The summed E-state index contributed by atoms with van der Waals surface area (Å²) in [6.45, 7) is 1.70. The number of halogens is 1. The van der Waals surface area contributed by atoms with E-state index in [0.717, 1.165) is 0 Å². The summed E-state index contributed by atoms with van der Waals surface area (Å²) < 4.78 is 14.5. The largest absolute Gasteiger partial charge is 0.396 e. The molecule has 94 valence electrons. The second-order valence-corrected chi connectivity index (χ2v) is 3.98. The van der Waals surface area contributed by atoms with Crippen LogP contribution in [0.2, 0.25) is 0 Å². The van der Waals surface area contributed by atoms with Crippen LogP contribution >= 0.6 is 0 Å². The van der Waals surface area contributed by atoms with Crippen molar-refractivity contribution in [2.75, 3.05) is 11.1 Å². The molecule has 18 heavy (non-hydrogen) atoms. The number of nitrogen functional groups attached to an aromatic ring is 1. The lowest BCUT2D eigenvalue weighted by atomic mass is 10.2. The first-order valence-electron chi connectivity index (χ1n) is 5.38. The Morgan fingerprint density at radius 1 is 1.56 bits per heavy atom. The molecule has 0 unspecified atom stereocenters. The predicted octanol–water partition coefficient (Wildman–Crippen LogP) is 1.55. The lowest BCUT2D eigenvalue weighted by Crippen LogP contribution is -2.19. The van der Waals surface area contributed by atoms with Gasteiger partial charge in [0, 0.05) is 11.9 Å². The minimum absolute atomic E-state index is 0.0631. The summed E-state index contributed by atoms with van der Waals surface area (Å²) in [5.41, 5.74) is 7.02. The molecule has 0 aliphatic carbocycles. The van der Waals surface area contributed by atoms with Gasteiger partial charge in [-0.05, 0) is 30.7 Å². The number of benzene rings is 1. The van der Waals surface area contributed by atoms with Gasteiger partial charge in [-0.3, -0.25) is 9.48 Å². The molecular weight excluding hydrogens is 235 g/mol. The highest BCUT2D eigenvalue weighted by Crippen LogP contribution is 2.13. The molecule has 1 aromatic carbocycles. The molecule has 0 saturated carbocycles. The first-order valence-corrected chi connectivity index (χ1v) is 5.38. The van der Waals surface area contributed by atoms with Crippen LogP contribution in [0.25, 0.3) is 0 Å². The van der Waals surface area contributed by atoms with E-state index in [2.05, 4.69) is 10.4 Å². The van der Waals surface area contributed by atoms with E-state index < -0.39 is 0 Å². The van der Waals surface area contributed by atoms with E-state index in [0.29, 0.717) is 16.9 Å². The average molecular weight is 248 g/mol. The van der Waals surface area contributed by atoms with Crippen LogP contribution in [-0.2, 0) is 11.3 Å². The Kier molecular flexibility index (Phi) is 3.27. The van der Waals surface area contributed by atoms with Gasteiger partial charge in [-0.2, -0.15) is 5.10 Å². The molecule has 0 atom stereocenters. The molecule has 0 radical (unpaired) electrons. The molecule has 0 bridgehead atoms. The van der Waals surface area contributed by atoms with E-state index in [1.54, 1.807) is 19.2 Å². The fourth-order valence-corrected chi connectivity index (χ4v) is 1.54. The predicted molar refractivity (Wildman–Crippen MR) is 66.4 cm³/mol. The summed E-state index contributed by atoms with van der Waals surface area (Å²) in [6, 6.07) is 4.40. The van der Waals surface area contributed by atoms with Gasteiger partial charge in [-0.15, -0.1) is 0 Å². The summed E-state index contributed by atoms with van der Waals surface area (Å²) in [4.78, 5) is 11.7. The van der Waals surface area contributed by atoms with Gasteiger partial charge in [0.1, 0.15) is 12.4 Å². The van der Waals surface area contributed by atoms with Crippen molar-refractivity contribution in [2.45, 2.75) is 13.5 Å². The summed E-state index contributed by atoms with van der Waals surface area (Å²) in [6.07, 6.45) is 3.03. The maximum atomic E-state index is 13.0. The highest BCUT2D eigenvalue weighted by molar-refractivity contribution is 5.90. The normalized spacial score (nSPS) is 10.3. The van der Waals surface area contributed by atoms with Crippen LogP contribution < -0.4 is 11.1 Å². The number of hydrogen-bond donors (Lipinski definition) is 2. The van der Waals surface area contributed by atoms with Crippen molar-refractivity contribution in [3.63, 3.8) is 0 Å². The molecule has 0 aliphatic rings. The molecule has 1 aromatic heterocycles. The smallest absolute Gasteiger partial charge is 0.246 e. The number of nitrogens with zero attached hydrogens (tertiary/aromatic N) is 2. The van der Waals surface area contributed by atoms with Crippen molar-refractivity contribution in [3.8, 4) is 0 Å². The van der Waals surface area contributed by atoms with Crippen molar-refractivity contribution >= 4 is 17.3 Å². The van der Waals surface area contributed by atoms with Crippen LogP contribution in [0, 0.1) is 12.7 Å². The van der Waals surface area contributed by atoms with Gasteiger partial charge in [-0.25, -0.2) is 4.39 Å². The Morgan fingerprint density at radius 2 is 2.33 bits per heavy atom. The molecule has 1 heterocycles. The van der Waals surface area contributed by atoms with E-state index in [1.807, 2.05) is 0 Å². The molecule has 0 saturated heterocycles. The number of carbonyl (C=O) groups excluding carboxylic acids is 1. The lowest BCUT2D eigenvalue weighted by molar-refractivity contribution is -0.116. The van der Waals surface area contributed by atoms with Crippen molar-refractivity contribution in [2.24, 2.45) is 0 Å². The Balaban J connectivity index is 2.00. The second kappa shape index (κ2) is 4.87. The molecule has 0 fully saturated rings. The highest BCUT2D eigenvalue weighted by atomic mass is 19.1. The van der Waals surface area contributed by atoms with Crippen LogP contribution in [0.5, 0.6) is 0 Å². The molecule has 0 spiro atoms. The van der Waals surface area contributed by atoms with Crippen LogP contribution in [0.3, 0.4) is 0 Å². The third-order valence-corrected chi connectivity index (χ3v) is 2.40. The monoisotopic (exact) mass is 248 g/mol. The fourth-order valence-electron chi connectivity index (χ4n) is 1.54. The van der Waals surface area contributed by atoms with Crippen LogP contribution in [0.4, 0.5) is 15.8 Å². The van der Waals surface area contributed by atoms with Gasteiger partial charge < -0.3 is 11.1 Å². The molecule has 5 nitrogen and oxygen atoms in total. The average Bonchev–Trinajstić information content (AvgIpc) is 2.69. The number of anilines is 2. The van der Waals surface area contributed by atoms with Crippen molar-refractivity contribution in [3.05, 3.63) is 42.0 Å². The molecule has 1 amide bonds. The van der Waals surface area contributed by atoms with Crippen LogP contribution in [0.1, 0.15) is 5.56 Å². The zero-order valence-electron chi connectivity index (χ0n) is 9.85. The van der Waals surface area contributed by atoms with Crippen molar-refractivity contribution in [1.29, 1.82) is 0 Å². The number of aryl methyl sites for hydroxylation is 1. The number of nitrogens with two attached hydrogens (primary N) is 1.